The largest absolute Gasteiger partial charge is 0.367 e. The van der Waals surface area contributed by atoms with Crippen molar-refractivity contribution in [3.05, 3.63) is 54.1 Å². The number of piperazine rings is 1. The molecule has 1 aliphatic heterocycles. The molecule has 1 saturated carbocycles. The Bertz CT molecular complexity index is 1200. The van der Waals surface area contributed by atoms with Gasteiger partial charge in [0.15, 0.2) is 0 Å². The monoisotopic (exact) mass is 451 g/mol. The van der Waals surface area contributed by atoms with Crippen LogP contribution in [0, 0.1) is 6.92 Å². The maximum Gasteiger partial charge on any atom is 0.243 e. The number of fused-ring (bicyclic) bond motifs is 1. The third-order valence-corrected chi connectivity index (χ3v) is 8.38. The molecule has 1 aliphatic carbocycles. The zero-order valence-electron chi connectivity index (χ0n) is 18.4. The summed E-state index contributed by atoms with van der Waals surface area (Å²) < 4.78 is 27.6. The number of nitrogens with one attached hydrogen (secondary N) is 1. The van der Waals surface area contributed by atoms with Gasteiger partial charge in [0, 0.05) is 37.6 Å². The molecule has 8 heteroatoms. The minimum atomic E-state index is -3.49. The molecule has 0 bridgehead atoms. The first-order chi connectivity index (χ1) is 15.5. The number of sulfonamides is 1. The van der Waals surface area contributed by atoms with Gasteiger partial charge < -0.3 is 10.2 Å². The van der Waals surface area contributed by atoms with Crippen molar-refractivity contribution in [2.45, 2.75) is 43.5 Å². The van der Waals surface area contributed by atoms with Gasteiger partial charge in [-0.2, -0.15) is 9.29 Å². The summed E-state index contributed by atoms with van der Waals surface area (Å²) in [4.78, 5) is 12.1. The van der Waals surface area contributed by atoms with Gasteiger partial charge >= 0.3 is 0 Å². The minimum absolute atomic E-state index is 0.349. The van der Waals surface area contributed by atoms with E-state index in [4.69, 9.17) is 9.97 Å². The molecular formula is C24H29N5O2S. The van der Waals surface area contributed by atoms with Gasteiger partial charge in [-0.1, -0.05) is 42.7 Å². The second-order valence-corrected chi connectivity index (χ2v) is 10.7. The topological polar surface area (TPSA) is 78.4 Å². The van der Waals surface area contributed by atoms with Crippen LogP contribution >= 0.6 is 0 Å². The number of hydrogen-bond acceptors (Lipinski definition) is 6. The summed E-state index contributed by atoms with van der Waals surface area (Å²) in [5, 5.41) is 4.67. The summed E-state index contributed by atoms with van der Waals surface area (Å²) in [6, 6.07) is 15.6. The molecule has 2 aliphatic rings. The van der Waals surface area contributed by atoms with E-state index >= 15 is 0 Å². The molecule has 0 amide bonds. The first-order valence-corrected chi connectivity index (χ1v) is 12.8. The molecule has 1 aromatic heterocycles. The van der Waals surface area contributed by atoms with E-state index < -0.39 is 10.0 Å². The molecule has 3 aromatic rings. The highest BCUT2D eigenvalue weighted by Gasteiger charge is 2.29. The summed E-state index contributed by atoms with van der Waals surface area (Å²) in [7, 11) is -3.49. The molecule has 5 rings (SSSR count). The van der Waals surface area contributed by atoms with Crippen molar-refractivity contribution in [3.63, 3.8) is 0 Å². The summed E-state index contributed by atoms with van der Waals surface area (Å²) >= 11 is 0. The van der Waals surface area contributed by atoms with Crippen LogP contribution in [-0.2, 0) is 10.0 Å². The smallest absolute Gasteiger partial charge is 0.243 e. The molecule has 2 heterocycles. The van der Waals surface area contributed by atoms with Crippen molar-refractivity contribution >= 4 is 32.7 Å². The fraction of sp³-hybridized carbons (Fsp3) is 0.417. The van der Waals surface area contributed by atoms with Crippen molar-refractivity contribution < 1.29 is 8.42 Å². The minimum Gasteiger partial charge on any atom is -0.367 e. The molecule has 1 saturated heterocycles. The zero-order valence-corrected chi connectivity index (χ0v) is 19.2. The number of aryl methyl sites for hydroxylation is 1. The quantitative estimate of drug-likeness (QED) is 0.636. The second kappa shape index (κ2) is 8.67. The summed E-state index contributed by atoms with van der Waals surface area (Å²) in [6.07, 6.45) is 4.85. The van der Waals surface area contributed by atoms with Gasteiger partial charge in [0.05, 0.1) is 10.4 Å². The summed E-state index contributed by atoms with van der Waals surface area (Å²) in [5.74, 6) is 1.55. The summed E-state index contributed by atoms with van der Waals surface area (Å²) in [6.45, 7) is 3.91. The lowest BCUT2D eigenvalue weighted by molar-refractivity contribution is 0.382. The number of aromatic nitrogens is 2. The second-order valence-electron chi connectivity index (χ2n) is 8.72. The predicted molar refractivity (Wildman–Crippen MR) is 128 cm³/mol. The number of rotatable bonds is 5. The van der Waals surface area contributed by atoms with Crippen molar-refractivity contribution in [2.24, 2.45) is 0 Å². The van der Waals surface area contributed by atoms with Gasteiger partial charge in [-0.05, 0) is 44.0 Å². The Balaban J connectivity index is 1.36. The van der Waals surface area contributed by atoms with E-state index in [0.717, 1.165) is 22.3 Å². The standard InChI is InChI=1S/C24H29N5O2S/c1-18-10-12-20(13-11-18)32(30,31)29-16-14-28(15-17-29)24-26-22-9-5-4-8-21(22)23(27-24)25-19-6-2-3-7-19/h4-5,8-13,19H,2-3,6-7,14-17H2,1H3,(H,25,26,27). The number of benzene rings is 2. The van der Waals surface area contributed by atoms with Crippen LogP contribution in [0.3, 0.4) is 0 Å². The highest BCUT2D eigenvalue weighted by Crippen LogP contribution is 2.28. The van der Waals surface area contributed by atoms with Crippen LogP contribution in [0.4, 0.5) is 11.8 Å². The normalized spacial score (nSPS) is 18.3. The SMILES string of the molecule is Cc1ccc(S(=O)(=O)N2CCN(c3nc(NC4CCCC4)c4ccccc4n3)CC2)cc1. The lowest BCUT2D eigenvalue weighted by atomic mass is 10.2. The highest BCUT2D eigenvalue weighted by atomic mass is 32.2. The van der Waals surface area contributed by atoms with Crippen LogP contribution < -0.4 is 10.2 Å². The van der Waals surface area contributed by atoms with Gasteiger partial charge in [-0.3, -0.25) is 0 Å². The lowest BCUT2D eigenvalue weighted by Gasteiger charge is -2.34. The molecule has 32 heavy (non-hydrogen) atoms. The molecule has 0 spiro atoms. The van der Waals surface area contributed by atoms with Gasteiger partial charge in [-0.25, -0.2) is 13.4 Å². The Hall–Kier alpha value is -2.71. The fourth-order valence-corrected chi connectivity index (χ4v) is 5.99. The maximum atomic E-state index is 13.0. The van der Waals surface area contributed by atoms with E-state index in [0.29, 0.717) is 43.1 Å². The van der Waals surface area contributed by atoms with Gasteiger partial charge in [0.1, 0.15) is 5.82 Å². The van der Waals surface area contributed by atoms with Crippen LogP contribution in [0.15, 0.2) is 53.4 Å². The number of hydrogen-bond donors (Lipinski definition) is 1. The van der Waals surface area contributed by atoms with Crippen LogP contribution in [0.1, 0.15) is 31.2 Å². The first-order valence-electron chi connectivity index (χ1n) is 11.4. The Morgan fingerprint density at radius 2 is 1.59 bits per heavy atom. The average molecular weight is 452 g/mol. The third kappa shape index (κ3) is 4.17. The van der Waals surface area contributed by atoms with Gasteiger partial charge in [0.25, 0.3) is 0 Å². The van der Waals surface area contributed by atoms with E-state index in [1.165, 1.54) is 25.7 Å². The molecule has 7 nitrogen and oxygen atoms in total. The van der Waals surface area contributed by atoms with Crippen molar-refractivity contribution in [2.75, 3.05) is 36.4 Å². The van der Waals surface area contributed by atoms with Crippen LogP contribution in [-0.4, -0.2) is 54.9 Å². The molecule has 1 N–H and O–H groups in total. The van der Waals surface area contributed by atoms with Crippen molar-refractivity contribution in [1.82, 2.24) is 14.3 Å². The Kier molecular flexibility index (Phi) is 5.73. The maximum absolute atomic E-state index is 13.0. The first kappa shape index (κ1) is 21.2. The number of nitrogens with zero attached hydrogens (tertiary/aromatic N) is 4. The van der Waals surface area contributed by atoms with E-state index in [-0.39, 0.29) is 0 Å². The molecular weight excluding hydrogens is 422 g/mol. The van der Waals surface area contributed by atoms with Crippen molar-refractivity contribution in [3.8, 4) is 0 Å². The molecule has 0 radical (unpaired) electrons. The van der Waals surface area contributed by atoms with Crippen LogP contribution in [0.25, 0.3) is 10.9 Å². The van der Waals surface area contributed by atoms with Gasteiger partial charge in [-0.15, -0.1) is 0 Å². The number of anilines is 2. The van der Waals surface area contributed by atoms with Crippen molar-refractivity contribution in [1.29, 1.82) is 0 Å². The number of para-hydroxylation sites is 1. The summed E-state index contributed by atoms with van der Waals surface area (Å²) in [5.41, 5.74) is 1.96. The average Bonchev–Trinajstić information content (AvgIpc) is 3.32. The third-order valence-electron chi connectivity index (χ3n) is 6.47. The van der Waals surface area contributed by atoms with Crippen LogP contribution in [0.2, 0.25) is 0 Å². The fourth-order valence-electron chi connectivity index (χ4n) is 4.57. The molecule has 168 valence electrons. The Morgan fingerprint density at radius 1 is 0.906 bits per heavy atom. The van der Waals surface area contributed by atoms with E-state index in [1.54, 1.807) is 16.4 Å². The van der Waals surface area contributed by atoms with Crippen LogP contribution in [0.5, 0.6) is 0 Å². The highest BCUT2D eigenvalue weighted by molar-refractivity contribution is 7.89. The Morgan fingerprint density at radius 3 is 2.31 bits per heavy atom. The predicted octanol–water partition coefficient (Wildman–Crippen LogP) is 3.80. The zero-order chi connectivity index (χ0) is 22.1. The molecule has 0 atom stereocenters. The van der Waals surface area contributed by atoms with E-state index in [1.807, 2.05) is 37.3 Å². The van der Waals surface area contributed by atoms with Gasteiger partial charge in [0.2, 0.25) is 16.0 Å². The van der Waals surface area contributed by atoms with E-state index in [2.05, 4.69) is 16.3 Å². The molecule has 2 aromatic carbocycles. The Labute approximate surface area is 189 Å². The van der Waals surface area contributed by atoms with E-state index in [9.17, 15) is 8.42 Å². The lowest BCUT2D eigenvalue weighted by Crippen LogP contribution is -2.49. The molecule has 2 fully saturated rings. The molecule has 0 unspecified atom stereocenters.